The first-order chi connectivity index (χ1) is 9.45. The molecule has 1 aromatic carbocycles. The SMILES string of the molecule is CCCCc1nn(-c2ccccc2)c(C(C)(C)C)c1O. The van der Waals surface area contributed by atoms with Gasteiger partial charge in [-0.2, -0.15) is 5.10 Å². The zero-order valence-electron chi connectivity index (χ0n) is 12.8. The van der Waals surface area contributed by atoms with Gasteiger partial charge in [0.05, 0.1) is 11.4 Å². The van der Waals surface area contributed by atoms with Gasteiger partial charge in [-0.25, -0.2) is 4.68 Å². The third-order valence-corrected chi connectivity index (χ3v) is 3.41. The monoisotopic (exact) mass is 272 g/mol. The highest BCUT2D eigenvalue weighted by atomic mass is 16.3. The van der Waals surface area contributed by atoms with E-state index in [4.69, 9.17) is 0 Å². The fourth-order valence-corrected chi connectivity index (χ4v) is 2.40. The second-order valence-electron chi connectivity index (χ2n) is 6.24. The van der Waals surface area contributed by atoms with Crippen molar-refractivity contribution >= 4 is 0 Å². The van der Waals surface area contributed by atoms with E-state index in [-0.39, 0.29) is 5.41 Å². The van der Waals surface area contributed by atoms with Crippen LogP contribution in [0.4, 0.5) is 0 Å². The van der Waals surface area contributed by atoms with E-state index in [1.807, 2.05) is 35.0 Å². The van der Waals surface area contributed by atoms with E-state index >= 15 is 0 Å². The van der Waals surface area contributed by atoms with Crippen LogP contribution >= 0.6 is 0 Å². The zero-order chi connectivity index (χ0) is 14.8. The fourth-order valence-electron chi connectivity index (χ4n) is 2.40. The molecule has 0 radical (unpaired) electrons. The highest BCUT2D eigenvalue weighted by Gasteiger charge is 2.27. The number of nitrogens with zero attached hydrogens (tertiary/aromatic N) is 2. The third-order valence-electron chi connectivity index (χ3n) is 3.41. The fraction of sp³-hybridized carbons (Fsp3) is 0.471. The maximum Gasteiger partial charge on any atom is 0.161 e. The Morgan fingerprint density at radius 2 is 1.80 bits per heavy atom. The lowest BCUT2D eigenvalue weighted by Gasteiger charge is -2.20. The predicted molar refractivity (Wildman–Crippen MR) is 82.5 cm³/mol. The Hall–Kier alpha value is -1.77. The molecule has 0 aliphatic heterocycles. The molecule has 0 amide bonds. The minimum atomic E-state index is -0.155. The van der Waals surface area contributed by atoms with Crippen LogP contribution in [0.2, 0.25) is 0 Å². The van der Waals surface area contributed by atoms with E-state index in [0.29, 0.717) is 5.75 Å². The van der Waals surface area contributed by atoms with Crippen molar-refractivity contribution in [3.8, 4) is 11.4 Å². The maximum absolute atomic E-state index is 10.5. The standard InChI is InChI=1S/C17H24N2O/c1-5-6-12-14-15(20)16(17(2,3)4)19(18-14)13-10-8-7-9-11-13/h7-11,20H,5-6,12H2,1-4H3. The van der Waals surface area contributed by atoms with Gasteiger partial charge in [-0.3, -0.25) is 0 Å². The first-order valence-electron chi connectivity index (χ1n) is 7.32. The highest BCUT2D eigenvalue weighted by molar-refractivity contribution is 5.43. The number of benzene rings is 1. The lowest BCUT2D eigenvalue weighted by atomic mass is 9.90. The second kappa shape index (κ2) is 5.70. The average molecular weight is 272 g/mol. The summed E-state index contributed by atoms with van der Waals surface area (Å²) >= 11 is 0. The molecule has 1 aromatic heterocycles. The molecule has 3 nitrogen and oxygen atoms in total. The Morgan fingerprint density at radius 1 is 1.15 bits per heavy atom. The Labute approximate surface area is 121 Å². The second-order valence-corrected chi connectivity index (χ2v) is 6.24. The number of aromatic nitrogens is 2. The number of para-hydroxylation sites is 1. The summed E-state index contributed by atoms with van der Waals surface area (Å²) in [6, 6.07) is 10.0. The van der Waals surface area contributed by atoms with E-state index in [0.717, 1.165) is 36.3 Å². The molecular formula is C17H24N2O. The van der Waals surface area contributed by atoms with Crippen LogP contribution in [0.5, 0.6) is 5.75 Å². The molecule has 0 aliphatic rings. The van der Waals surface area contributed by atoms with Crippen molar-refractivity contribution in [1.29, 1.82) is 0 Å². The minimum absolute atomic E-state index is 0.155. The van der Waals surface area contributed by atoms with Gasteiger partial charge in [0, 0.05) is 5.41 Å². The number of aryl methyl sites for hydroxylation is 1. The molecule has 3 heteroatoms. The van der Waals surface area contributed by atoms with Crippen molar-refractivity contribution in [3.05, 3.63) is 41.7 Å². The molecule has 1 heterocycles. The molecule has 20 heavy (non-hydrogen) atoms. The van der Waals surface area contributed by atoms with Gasteiger partial charge >= 0.3 is 0 Å². The molecule has 0 saturated heterocycles. The smallest absolute Gasteiger partial charge is 0.161 e. The summed E-state index contributed by atoms with van der Waals surface area (Å²) in [6.45, 7) is 8.46. The zero-order valence-corrected chi connectivity index (χ0v) is 12.8. The topological polar surface area (TPSA) is 38.0 Å². The molecular weight excluding hydrogens is 248 g/mol. The van der Waals surface area contributed by atoms with E-state index in [1.165, 1.54) is 0 Å². The normalized spacial score (nSPS) is 11.8. The van der Waals surface area contributed by atoms with E-state index in [2.05, 4.69) is 32.8 Å². The summed E-state index contributed by atoms with van der Waals surface area (Å²) in [4.78, 5) is 0. The summed E-state index contributed by atoms with van der Waals surface area (Å²) in [5, 5.41) is 15.2. The van der Waals surface area contributed by atoms with Crippen LogP contribution in [0.1, 0.15) is 51.9 Å². The summed E-state index contributed by atoms with van der Waals surface area (Å²) in [6.07, 6.45) is 2.97. The van der Waals surface area contributed by atoms with E-state index in [1.54, 1.807) is 0 Å². The highest BCUT2D eigenvalue weighted by Crippen LogP contribution is 2.35. The van der Waals surface area contributed by atoms with Gasteiger partial charge in [0.1, 0.15) is 5.69 Å². The molecule has 0 fully saturated rings. The summed E-state index contributed by atoms with van der Waals surface area (Å²) < 4.78 is 1.89. The Morgan fingerprint density at radius 3 is 2.35 bits per heavy atom. The molecule has 0 unspecified atom stereocenters. The molecule has 2 aromatic rings. The number of unbranched alkanes of at least 4 members (excludes halogenated alkanes) is 1. The van der Waals surface area contributed by atoms with Gasteiger partial charge in [-0.15, -0.1) is 0 Å². The van der Waals surface area contributed by atoms with E-state index < -0.39 is 0 Å². The lowest BCUT2D eigenvalue weighted by Crippen LogP contribution is -2.17. The van der Waals surface area contributed by atoms with Crippen molar-refractivity contribution in [2.45, 2.75) is 52.4 Å². The van der Waals surface area contributed by atoms with Gasteiger partial charge in [-0.1, -0.05) is 52.3 Å². The summed E-state index contributed by atoms with van der Waals surface area (Å²) in [7, 11) is 0. The van der Waals surface area contributed by atoms with Gasteiger partial charge < -0.3 is 5.11 Å². The molecule has 108 valence electrons. The molecule has 0 atom stereocenters. The van der Waals surface area contributed by atoms with Crippen molar-refractivity contribution < 1.29 is 5.11 Å². The van der Waals surface area contributed by atoms with Crippen molar-refractivity contribution in [1.82, 2.24) is 9.78 Å². The Bertz CT molecular complexity index is 565. The maximum atomic E-state index is 10.5. The quantitative estimate of drug-likeness (QED) is 0.905. The van der Waals surface area contributed by atoms with Crippen LogP contribution < -0.4 is 0 Å². The van der Waals surface area contributed by atoms with Crippen LogP contribution in [-0.4, -0.2) is 14.9 Å². The Balaban J connectivity index is 2.55. The lowest BCUT2D eigenvalue weighted by molar-refractivity contribution is 0.434. The first-order valence-corrected chi connectivity index (χ1v) is 7.32. The Kier molecular flexibility index (Phi) is 4.17. The predicted octanol–water partition coefficient (Wildman–Crippen LogP) is 4.22. The van der Waals surface area contributed by atoms with Crippen LogP contribution in [0.25, 0.3) is 5.69 Å². The average Bonchev–Trinajstić information content (AvgIpc) is 2.74. The molecule has 1 N–H and O–H groups in total. The molecule has 0 aliphatic carbocycles. The van der Waals surface area contributed by atoms with Gasteiger partial charge in [0.25, 0.3) is 0 Å². The summed E-state index contributed by atoms with van der Waals surface area (Å²) in [5.74, 6) is 0.356. The summed E-state index contributed by atoms with van der Waals surface area (Å²) in [5.41, 5.74) is 2.53. The molecule has 0 bridgehead atoms. The van der Waals surface area contributed by atoms with Crippen LogP contribution in [0.15, 0.2) is 30.3 Å². The van der Waals surface area contributed by atoms with Crippen molar-refractivity contribution in [2.75, 3.05) is 0 Å². The minimum Gasteiger partial charge on any atom is -0.504 e. The van der Waals surface area contributed by atoms with Crippen LogP contribution in [0.3, 0.4) is 0 Å². The molecule has 2 rings (SSSR count). The number of hydrogen-bond donors (Lipinski definition) is 1. The number of rotatable bonds is 4. The number of hydrogen-bond acceptors (Lipinski definition) is 2. The van der Waals surface area contributed by atoms with Gasteiger partial charge in [0.15, 0.2) is 5.75 Å². The van der Waals surface area contributed by atoms with Crippen molar-refractivity contribution in [2.24, 2.45) is 0 Å². The van der Waals surface area contributed by atoms with Crippen molar-refractivity contribution in [3.63, 3.8) is 0 Å². The molecule has 0 spiro atoms. The van der Waals surface area contributed by atoms with Gasteiger partial charge in [0.2, 0.25) is 0 Å². The van der Waals surface area contributed by atoms with Crippen LogP contribution in [-0.2, 0) is 11.8 Å². The first kappa shape index (κ1) is 14.6. The van der Waals surface area contributed by atoms with E-state index in [9.17, 15) is 5.11 Å². The number of aromatic hydroxyl groups is 1. The largest absolute Gasteiger partial charge is 0.504 e. The molecule has 0 saturated carbocycles. The van der Waals surface area contributed by atoms with Crippen LogP contribution in [0, 0.1) is 0 Å². The third kappa shape index (κ3) is 2.87. The van der Waals surface area contributed by atoms with Gasteiger partial charge in [-0.05, 0) is 25.0 Å².